The van der Waals surface area contributed by atoms with Gasteiger partial charge in [-0.05, 0) is 111 Å². The summed E-state index contributed by atoms with van der Waals surface area (Å²) >= 11 is 0. The summed E-state index contributed by atoms with van der Waals surface area (Å²) in [6.07, 6.45) is 0. The zero-order valence-electron chi connectivity index (χ0n) is 47.2. The van der Waals surface area contributed by atoms with Gasteiger partial charge in [0.15, 0.2) is 0 Å². The van der Waals surface area contributed by atoms with Crippen LogP contribution >= 0.6 is 0 Å². The molecule has 0 aliphatic rings. The number of rotatable bonds is 5. The van der Waals surface area contributed by atoms with Gasteiger partial charge in [0.2, 0.25) is 0 Å². The van der Waals surface area contributed by atoms with Gasteiger partial charge in [-0.25, -0.2) is 0 Å². The molecule has 5 nitrogen and oxygen atoms in total. The van der Waals surface area contributed by atoms with E-state index in [9.17, 15) is 0 Å². The number of aryl methyl sites for hydroxylation is 2. The van der Waals surface area contributed by atoms with Gasteiger partial charge in [-0.15, -0.1) is 0 Å². The van der Waals surface area contributed by atoms with E-state index in [1.165, 1.54) is 132 Å². The van der Waals surface area contributed by atoms with Crippen LogP contribution in [0.1, 0.15) is 11.1 Å². The van der Waals surface area contributed by atoms with E-state index in [2.05, 4.69) is 346 Å². The maximum atomic E-state index is 2.43. The molecule has 0 aliphatic carbocycles. The molecule has 18 aromatic rings. The summed E-state index contributed by atoms with van der Waals surface area (Å²) in [6.45, 7) is 4.21. The van der Waals surface area contributed by atoms with E-state index in [4.69, 9.17) is 0 Å². The van der Waals surface area contributed by atoms with Gasteiger partial charge in [0.25, 0.3) is 0 Å². The predicted octanol–water partition coefficient (Wildman–Crippen LogP) is 21.2. The largest absolute Gasteiger partial charge is 0.309 e. The maximum Gasteiger partial charge on any atom is 0.0541 e. The van der Waals surface area contributed by atoms with E-state index in [0.717, 1.165) is 17.1 Å². The van der Waals surface area contributed by atoms with Crippen LogP contribution in [0.3, 0.4) is 0 Å². The van der Waals surface area contributed by atoms with Gasteiger partial charge in [0, 0.05) is 65.2 Å². The van der Waals surface area contributed by atoms with Gasteiger partial charge in [0.05, 0.1) is 72.2 Å². The minimum atomic E-state index is 1.13. The van der Waals surface area contributed by atoms with Crippen molar-refractivity contribution in [3.63, 3.8) is 0 Å². The number of hydrogen-bond acceptors (Lipinski definition) is 0. The molecule has 18 rings (SSSR count). The topological polar surface area (TPSA) is 24.6 Å². The van der Waals surface area contributed by atoms with E-state index in [0.29, 0.717) is 0 Å². The van der Waals surface area contributed by atoms with Gasteiger partial charge < -0.3 is 22.8 Å². The first kappa shape index (κ1) is 49.7. The van der Waals surface area contributed by atoms with Gasteiger partial charge in [-0.3, -0.25) is 0 Å². The van der Waals surface area contributed by atoms with Crippen molar-refractivity contribution in [2.45, 2.75) is 13.8 Å². The zero-order chi connectivity index (χ0) is 56.5. The second kappa shape index (κ2) is 20.4. The van der Waals surface area contributed by atoms with Gasteiger partial charge in [-0.2, -0.15) is 0 Å². The lowest BCUT2D eigenvalue weighted by atomic mass is 10.2. The van der Waals surface area contributed by atoms with E-state index in [1.54, 1.807) is 0 Å². The highest BCUT2D eigenvalue weighted by Crippen LogP contribution is 2.40. The lowest BCUT2D eigenvalue weighted by molar-refractivity contribution is 1.10. The summed E-state index contributed by atoms with van der Waals surface area (Å²) in [5.74, 6) is 0. The van der Waals surface area contributed by atoms with Crippen molar-refractivity contribution in [2.24, 2.45) is 0 Å². The number of fused-ring (bicyclic) bond motifs is 15. The van der Waals surface area contributed by atoms with Crippen LogP contribution in [0.2, 0.25) is 0 Å². The molecule has 0 saturated heterocycles. The third kappa shape index (κ3) is 8.23. The molecule has 0 bridgehead atoms. The number of hydrogen-bond donors (Lipinski definition) is 0. The molecule has 5 aromatic heterocycles. The molecule has 0 fully saturated rings. The Balaban J connectivity index is 0.000000128. The first-order valence-electron chi connectivity index (χ1n) is 29.3. The van der Waals surface area contributed by atoms with E-state index >= 15 is 0 Å². The second-order valence-electron chi connectivity index (χ2n) is 22.2. The Morgan fingerprint density at radius 2 is 0.318 bits per heavy atom. The van der Waals surface area contributed by atoms with Crippen LogP contribution in [0.4, 0.5) is 0 Å². The van der Waals surface area contributed by atoms with Gasteiger partial charge >= 0.3 is 0 Å². The van der Waals surface area contributed by atoms with E-state index in [1.807, 2.05) is 0 Å². The van der Waals surface area contributed by atoms with Crippen LogP contribution in [0.25, 0.3) is 137 Å². The third-order valence-corrected chi connectivity index (χ3v) is 17.1. The molecular weight excluding hydrogens is 1030 g/mol. The van der Waals surface area contributed by atoms with Crippen molar-refractivity contribution in [3.05, 3.63) is 321 Å². The summed E-state index contributed by atoms with van der Waals surface area (Å²) in [7, 11) is 0. The molecule has 5 heteroatoms. The Morgan fingerprint density at radius 3 is 0.506 bits per heavy atom. The predicted molar refractivity (Wildman–Crippen MR) is 360 cm³/mol. The average molecular weight is 1090 g/mol. The van der Waals surface area contributed by atoms with Crippen LogP contribution in [-0.4, -0.2) is 22.8 Å². The summed E-state index contributed by atoms with van der Waals surface area (Å²) in [5.41, 5.74) is 20.5. The quantitative estimate of drug-likeness (QED) is 0.164. The Labute approximate surface area is 491 Å². The highest BCUT2D eigenvalue weighted by atomic mass is 15.0. The van der Waals surface area contributed by atoms with Crippen LogP contribution in [0, 0.1) is 13.8 Å². The minimum Gasteiger partial charge on any atom is -0.309 e. The molecule has 0 aliphatic heterocycles. The Bertz CT molecular complexity index is 4870. The molecule has 0 amide bonds. The maximum absolute atomic E-state index is 2.43. The first-order chi connectivity index (χ1) is 42.0. The molecule has 0 N–H and O–H groups in total. The smallest absolute Gasteiger partial charge is 0.0541 e. The fraction of sp³-hybridized carbons (Fsp3) is 0.0250. The fourth-order valence-corrected chi connectivity index (χ4v) is 13.5. The molecule has 402 valence electrons. The number of benzene rings is 13. The van der Waals surface area contributed by atoms with E-state index < -0.39 is 0 Å². The molecule has 5 heterocycles. The van der Waals surface area contributed by atoms with Crippen LogP contribution in [0.5, 0.6) is 0 Å². The number of nitrogens with zero attached hydrogens (tertiary/aromatic N) is 5. The van der Waals surface area contributed by atoms with E-state index in [-0.39, 0.29) is 0 Å². The summed E-state index contributed by atoms with van der Waals surface area (Å²) in [5, 5.41) is 12.7. The standard InChI is InChI=1S/C42H27N3.C30H20N2.C8H10/c1-7-19-37-31(13-1)32-14-2-8-20-38(32)43(37)28-25-29(44-39-21-9-3-15-33(39)34-16-4-10-22-40(34)44)27-30(26-28)45-41-23-11-5-17-35(41)36-18-6-12-24-42(36)45;1-5-16-27-23(12-1)24-13-2-6-17-28(24)31(27)21-10-9-11-22(20-21)32-29-18-7-3-14-25(29)26-15-4-8-19-30(26)32;1-7-4-3-5-8(2)6-7/h1-27H;1-20H;3-6H,1-2H3. The number of para-hydroxylation sites is 10. The highest BCUT2D eigenvalue weighted by molar-refractivity contribution is 6.13. The average Bonchev–Trinajstić information content (AvgIpc) is 2.64. The van der Waals surface area contributed by atoms with Crippen molar-refractivity contribution in [1.82, 2.24) is 22.8 Å². The Morgan fingerprint density at radius 1 is 0.153 bits per heavy atom. The Hall–Kier alpha value is -11.1. The molecule has 0 radical (unpaired) electrons. The monoisotopic (exact) mass is 1090 g/mol. The van der Waals surface area contributed by atoms with Crippen molar-refractivity contribution in [2.75, 3.05) is 0 Å². The molecule has 0 saturated carbocycles. The SMILES string of the molecule is Cc1cccc(C)c1.c1cc(-n2c3ccccc3c3ccccc32)cc(-n2c3ccccc3c3ccccc32)c1.c1ccc2c(c1)c1ccccc1n2-c1cc(-n2c3ccccc3c3ccccc32)cc(-n2c3ccccc3c3ccccc32)c1. The molecule has 0 atom stereocenters. The molecule has 0 unspecified atom stereocenters. The van der Waals surface area contributed by atoms with Crippen molar-refractivity contribution in [1.29, 1.82) is 0 Å². The van der Waals surface area contributed by atoms with Crippen molar-refractivity contribution >= 4 is 109 Å². The van der Waals surface area contributed by atoms with Gasteiger partial charge in [0.1, 0.15) is 0 Å². The van der Waals surface area contributed by atoms with Crippen molar-refractivity contribution in [3.8, 4) is 28.4 Å². The minimum absolute atomic E-state index is 1.13. The third-order valence-electron chi connectivity index (χ3n) is 17.1. The van der Waals surface area contributed by atoms with Crippen molar-refractivity contribution < 1.29 is 0 Å². The van der Waals surface area contributed by atoms with Crippen LogP contribution in [0.15, 0.2) is 309 Å². The van der Waals surface area contributed by atoms with Gasteiger partial charge in [-0.1, -0.05) is 223 Å². The summed E-state index contributed by atoms with van der Waals surface area (Å²) < 4.78 is 12.0. The first-order valence-corrected chi connectivity index (χ1v) is 29.3. The lowest BCUT2D eigenvalue weighted by Gasteiger charge is -2.17. The molecule has 13 aromatic carbocycles. The Kier molecular flexibility index (Phi) is 11.9. The molecule has 0 spiro atoms. The fourth-order valence-electron chi connectivity index (χ4n) is 13.5. The number of aromatic nitrogens is 5. The summed E-state index contributed by atoms with van der Waals surface area (Å²) in [4.78, 5) is 0. The van der Waals surface area contributed by atoms with Crippen LogP contribution in [-0.2, 0) is 0 Å². The normalized spacial score (nSPS) is 11.6. The van der Waals surface area contributed by atoms with Crippen LogP contribution < -0.4 is 0 Å². The lowest BCUT2D eigenvalue weighted by Crippen LogP contribution is -2.03. The molecule has 85 heavy (non-hydrogen) atoms. The second-order valence-corrected chi connectivity index (χ2v) is 22.2. The molecular formula is C80H57N5. The highest BCUT2D eigenvalue weighted by Gasteiger charge is 2.20. The zero-order valence-corrected chi connectivity index (χ0v) is 47.2. The summed E-state index contributed by atoms with van der Waals surface area (Å²) in [6, 6.07) is 112.